The smallest absolute Gasteiger partial charge is 0.350 e. The van der Waals surface area contributed by atoms with Crippen molar-refractivity contribution in [2.24, 2.45) is 0 Å². The highest BCUT2D eigenvalue weighted by molar-refractivity contribution is 8.03. The molecule has 0 saturated carbocycles. The highest BCUT2D eigenvalue weighted by atomic mass is 32.2. The molecule has 7 heteroatoms. The maximum atomic E-state index is 11.5. The van der Waals surface area contributed by atoms with Gasteiger partial charge in [0.2, 0.25) is 0 Å². The SMILES string of the molecule is Nc1ccn([C@H]2CC(O)=C(CO)S2)c(=O)n1. The van der Waals surface area contributed by atoms with E-state index in [4.69, 9.17) is 10.8 Å². The Bertz CT molecular complexity index is 497. The molecule has 2 heterocycles. The molecule has 0 aromatic carbocycles. The van der Waals surface area contributed by atoms with E-state index in [1.165, 1.54) is 28.6 Å². The van der Waals surface area contributed by atoms with Gasteiger partial charge in [-0.05, 0) is 6.07 Å². The first kappa shape index (κ1) is 11.0. The average molecular weight is 241 g/mol. The third-order valence-corrected chi connectivity index (χ3v) is 3.59. The van der Waals surface area contributed by atoms with E-state index in [0.29, 0.717) is 11.3 Å². The van der Waals surface area contributed by atoms with Crippen LogP contribution in [0.25, 0.3) is 0 Å². The zero-order valence-electron chi connectivity index (χ0n) is 8.33. The molecule has 86 valence electrons. The van der Waals surface area contributed by atoms with Crippen molar-refractivity contribution < 1.29 is 10.2 Å². The Morgan fingerprint density at radius 2 is 2.44 bits per heavy atom. The number of hydrogen-bond donors (Lipinski definition) is 3. The second kappa shape index (κ2) is 4.18. The summed E-state index contributed by atoms with van der Waals surface area (Å²) in [6.07, 6.45) is 1.85. The Kier molecular flexibility index (Phi) is 2.88. The molecule has 0 fully saturated rings. The highest BCUT2D eigenvalue weighted by Gasteiger charge is 2.26. The van der Waals surface area contributed by atoms with E-state index in [1.54, 1.807) is 0 Å². The minimum Gasteiger partial charge on any atom is -0.511 e. The molecule has 1 aliphatic rings. The van der Waals surface area contributed by atoms with Gasteiger partial charge >= 0.3 is 5.69 Å². The van der Waals surface area contributed by atoms with Crippen molar-refractivity contribution in [3.8, 4) is 0 Å². The van der Waals surface area contributed by atoms with Crippen molar-refractivity contribution in [3.63, 3.8) is 0 Å². The number of nitrogen functional groups attached to an aromatic ring is 1. The monoisotopic (exact) mass is 241 g/mol. The molecule has 1 aromatic rings. The molecule has 0 aliphatic carbocycles. The van der Waals surface area contributed by atoms with Crippen LogP contribution in [0.4, 0.5) is 5.82 Å². The van der Waals surface area contributed by atoms with Crippen LogP contribution < -0.4 is 11.4 Å². The Labute approximate surface area is 95.4 Å². The van der Waals surface area contributed by atoms with Gasteiger partial charge in [0.05, 0.1) is 12.0 Å². The largest absolute Gasteiger partial charge is 0.511 e. The van der Waals surface area contributed by atoms with Crippen LogP contribution in [-0.4, -0.2) is 26.4 Å². The van der Waals surface area contributed by atoms with Gasteiger partial charge in [0.1, 0.15) is 11.6 Å². The average Bonchev–Trinajstić information content (AvgIpc) is 2.59. The van der Waals surface area contributed by atoms with E-state index < -0.39 is 5.69 Å². The van der Waals surface area contributed by atoms with Crippen molar-refractivity contribution in [1.29, 1.82) is 0 Å². The number of nitrogens with two attached hydrogens (primary N) is 1. The van der Waals surface area contributed by atoms with Gasteiger partial charge in [-0.1, -0.05) is 11.8 Å². The number of aromatic nitrogens is 2. The van der Waals surface area contributed by atoms with E-state index in [1.807, 2.05) is 0 Å². The molecule has 1 atom stereocenters. The molecule has 0 spiro atoms. The third kappa shape index (κ3) is 1.91. The summed E-state index contributed by atoms with van der Waals surface area (Å²) in [4.78, 5) is 15.6. The van der Waals surface area contributed by atoms with E-state index in [-0.39, 0.29) is 23.6 Å². The second-order valence-electron chi connectivity index (χ2n) is 3.35. The fourth-order valence-corrected chi connectivity index (χ4v) is 2.62. The van der Waals surface area contributed by atoms with Gasteiger partial charge in [-0.3, -0.25) is 4.57 Å². The zero-order valence-corrected chi connectivity index (χ0v) is 9.15. The molecular formula is C9H11N3O3S. The van der Waals surface area contributed by atoms with Crippen molar-refractivity contribution >= 4 is 17.6 Å². The number of nitrogens with zero attached hydrogens (tertiary/aromatic N) is 2. The molecule has 2 rings (SSSR count). The van der Waals surface area contributed by atoms with Crippen LogP contribution in [0.2, 0.25) is 0 Å². The Morgan fingerprint density at radius 3 is 3.00 bits per heavy atom. The number of anilines is 1. The standard InChI is InChI=1S/C9H11N3O3S/c10-7-1-2-12(9(15)11-7)8-3-5(14)6(4-13)16-8/h1-2,8,13-14H,3-4H2,(H2,10,11,15)/t8-/m1/s1. The molecule has 0 saturated heterocycles. The van der Waals surface area contributed by atoms with Gasteiger partial charge in [-0.15, -0.1) is 0 Å². The van der Waals surface area contributed by atoms with Gasteiger partial charge in [0, 0.05) is 17.5 Å². The van der Waals surface area contributed by atoms with E-state index in [9.17, 15) is 9.90 Å². The molecule has 6 nitrogen and oxygen atoms in total. The molecule has 0 radical (unpaired) electrons. The number of aliphatic hydroxyl groups excluding tert-OH is 2. The predicted octanol–water partition coefficient (Wildman–Crippen LogP) is 0.223. The van der Waals surface area contributed by atoms with Crippen LogP contribution >= 0.6 is 11.8 Å². The van der Waals surface area contributed by atoms with Crippen molar-refractivity contribution in [2.75, 3.05) is 12.3 Å². The van der Waals surface area contributed by atoms with E-state index in [2.05, 4.69) is 4.98 Å². The topological polar surface area (TPSA) is 101 Å². The molecule has 0 bridgehead atoms. The number of thioether (sulfide) groups is 1. The Balaban J connectivity index is 2.26. The number of allylic oxidation sites excluding steroid dienone is 1. The van der Waals surface area contributed by atoms with Crippen LogP contribution in [0.15, 0.2) is 27.7 Å². The van der Waals surface area contributed by atoms with Crippen molar-refractivity contribution in [1.82, 2.24) is 9.55 Å². The normalized spacial score (nSPS) is 20.4. The Morgan fingerprint density at radius 1 is 1.69 bits per heavy atom. The summed E-state index contributed by atoms with van der Waals surface area (Å²) >= 11 is 1.25. The first-order valence-corrected chi connectivity index (χ1v) is 5.53. The maximum Gasteiger partial charge on any atom is 0.350 e. The lowest BCUT2D eigenvalue weighted by Gasteiger charge is -2.12. The molecule has 0 unspecified atom stereocenters. The molecule has 16 heavy (non-hydrogen) atoms. The summed E-state index contributed by atoms with van der Waals surface area (Å²) in [6.45, 7) is -0.218. The number of hydrogen-bond acceptors (Lipinski definition) is 6. The summed E-state index contributed by atoms with van der Waals surface area (Å²) in [5, 5.41) is 18.2. The van der Waals surface area contributed by atoms with Gasteiger partial charge < -0.3 is 15.9 Å². The molecule has 1 aliphatic heterocycles. The van der Waals surface area contributed by atoms with Crippen LogP contribution in [-0.2, 0) is 0 Å². The van der Waals surface area contributed by atoms with E-state index in [0.717, 1.165) is 0 Å². The summed E-state index contributed by atoms with van der Waals surface area (Å²) in [6, 6.07) is 1.52. The van der Waals surface area contributed by atoms with Crippen molar-refractivity contribution in [2.45, 2.75) is 11.8 Å². The number of aliphatic hydroxyl groups is 2. The summed E-state index contributed by atoms with van der Waals surface area (Å²) in [5.74, 6) is 0.296. The maximum absolute atomic E-state index is 11.5. The van der Waals surface area contributed by atoms with Crippen LogP contribution in [0, 0.1) is 0 Å². The minimum atomic E-state index is -0.454. The first-order chi connectivity index (χ1) is 7.61. The van der Waals surface area contributed by atoms with Crippen molar-refractivity contribution in [3.05, 3.63) is 33.4 Å². The minimum absolute atomic E-state index is 0.126. The fraction of sp³-hybridized carbons (Fsp3) is 0.333. The summed E-state index contributed by atoms with van der Waals surface area (Å²) < 4.78 is 1.39. The van der Waals surface area contributed by atoms with Crippen LogP contribution in [0.1, 0.15) is 11.8 Å². The second-order valence-corrected chi connectivity index (χ2v) is 4.62. The lowest BCUT2D eigenvalue weighted by atomic mass is 10.3. The summed E-state index contributed by atoms with van der Waals surface area (Å²) in [7, 11) is 0. The Hall–Kier alpha value is -1.47. The van der Waals surface area contributed by atoms with Gasteiger partial charge in [0.25, 0.3) is 0 Å². The quantitative estimate of drug-likeness (QED) is 0.684. The lowest BCUT2D eigenvalue weighted by molar-refractivity contribution is 0.321. The fourth-order valence-electron chi connectivity index (χ4n) is 1.48. The van der Waals surface area contributed by atoms with Gasteiger partial charge in [-0.2, -0.15) is 4.98 Å². The first-order valence-electron chi connectivity index (χ1n) is 4.65. The predicted molar refractivity (Wildman–Crippen MR) is 60.9 cm³/mol. The van der Waals surface area contributed by atoms with Gasteiger partial charge in [0.15, 0.2) is 0 Å². The molecular weight excluding hydrogens is 230 g/mol. The molecule has 4 N–H and O–H groups in total. The highest BCUT2D eigenvalue weighted by Crippen LogP contribution is 2.42. The molecule has 1 aromatic heterocycles. The zero-order chi connectivity index (χ0) is 11.7. The van der Waals surface area contributed by atoms with E-state index >= 15 is 0 Å². The third-order valence-electron chi connectivity index (χ3n) is 2.27. The molecule has 0 amide bonds. The number of rotatable bonds is 2. The van der Waals surface area contributed by atoms with Crippen LogP contribution in [0.3, 0.4) is 0 Å². The summed E-state index contributed by atoms with van der Waals surface area (Å²) in [5.41, 5.74) is 4.92. The van der Waals surface area contributed by atoms with Crippen LogP contribution in [0.5, 0.6) is 0 Å². The lowest BCUT2D eigenvalue weighted by Crippen LogP contribution is -2.25. The van der Waals surface area contributed by atoms with Gasteiger partial charge in [-0.25, -0.2) is 4.79 Å².